The number of ketones is 2. The summed E-state index contributed by atoms with van der Waals surface area (Å²) in [4.78, 5) is 26.2. The number of halogens is 3. The molecular weight excluding hydrogens is 295 g/mol. The Labute approximate surface area is 126 Å². The molecule has 1 aliphatic rings. The predicted octanol–water partition coefficient (Wildman–Crippen LogP) is 3.31. The largest absolute Gasteiger partial charge is 0.417 e. The Hall–Kier alpha value is -2.11. The minimum atomic E-state index is -4.64. The molecule has 1 saturated carbocycles. The van der Waals surface area contributed by atoms with E-state index in [0.29, 0.717) is 12.8 Å². The van der Waals surface area contributed by atoms with Gasteiger partial charge in [-0.2, -0.15) is 13.2 Å². The Morgan fingerprint density at radius 1 is 1.18 bits per heavy atom. The molecule has 0 atom stereocenters. The summed E-state index contributed by atoms with van der Waals surface area (Å²) in [5.41, 5.74) is -1.70. The molecule has 1 fully saturated rings. The van der Waals surface area contributed by atoms with Gasteiger partial charge in [0.1, 0.15) is 0 Å². The molecular formula is C16H16F3NO2. The lowest BCUT2D eigenvalue weighted by Crippen LogP contribution is -2.21. The van der Waals surface area contributed by atoms with Gasteiger partial charge in [-0.15, -0.1) is 0 Å². The molecule has 0 aliphatic heterocycles. The zero-order valence-corrected chi connectivity index (χ0v) is 12.3. The van der Waals surface area contributed by atoms with Gasteiger partial charge in [-0.3, -0.25) is 9.59 Å². The van der Waals surface area contributed by atoms with E-state index in [1.807, 2.05) is 0 Å². The molecule has 22 heavy (non-hydrogen) atoms. The van der Waals surface area contributed by atoms with E-state index in [4.69, 9.17) is 0 Å². The van der Waals surface area contributed by atoms with Crippen molar-refractivity contribution in [2.75, 3.05) is 14.1 Å². The number of allylic oxidation sites excluding steroid dienone is 1. The van der Waals surface area contributed by atoms with Crippen LogP contribution in [-0.2, 0) is 11.0 Å². The maximum atomic E-state index is 13.0. The van der Waals surface area contributed by atoms with Gasteiger partial charge >= 0.3 is 6.18 Å². The van der Waals surface area contributed by atoms with Crippen LogP contribution in [0.25, 0.3) is 0 Å². The Morgan fingerprint density at radius 3 is 2.27 bits per heavy atom. The number of alkyl halides is 3. The van der Waals surface area contributed by atoms with Gasteiger partial charge in [-0.1, -0.05) is 18.2 Å². The van der Waals surface area contributed by atoms with Gasteiger partial charge in [0.15, 0.2) is 11.6 Å². The van der Waals surface area contributed by atoms with Crippen LogP contribution in [0.3, 0.4) is 0 Å². The molecule has 2 rings (SSSR count). The first kappa shape index (κ1) is 16.3. The number of benzene rings is 1. The smallest absolute Gasteiger partial charge is 0.383 e. The fourth-order valence-electron chi connectivity index (χ4n) is 2.13. The number of nitrogens with zero attached hydrogens (tertiary/aromatic N) is 1. The Kier molecular flexibility index (Phi) is 4.39. The number of Topliss-reactive ketones (excluding diaryl/α,β-unsaturated/α-hetero) is 2. The van der Waals surface area contributed by atoms with Gasteiger partial charge in [0.05, 0.1) is 11.1 Å². The lowest BCUT2D eigenvalue weighted by atomic mass is 9.94. The van der Waals surface area contributed by atoms with Crippen LogP contribution in [-0.4, -0.2) is 30.6 Å². The maximum absolute atomic E-state index is 13.0. The summed E-state index contributed by atoms with van der Waals surface area (Å²) in [7, 11) is 3.23. The lowest BCUT2D eigenvalue weighted by molar-refractivity contribution is -0.138. The topological polar surface area (TPSA) is 37.4 Å². The van der Waals surface area contributed by atoms with E-state index < -0.39 is 23.1 Å². The molecule has 3 nitrogen and oxygen atoms in total. The third kappa shape index (κ3) is 3.55. The van der Waals surface area contributed by atoms with Crippen LogP contribution in [0.15, 0.2) is 36.0 Å². The van der Waals surface area contributed by atoms with Gasteiger partial charge in [-0.25, -0.2) is 0 Å². The van der Waals surface area contributed by atoms with E-state index in [9.17, 15) is 22.8 Å². The molecule has 0 unspecified atom stereocenters. The summed E-state index contributed by atoms with van der Waals surface area (Å²) in [5, 5.41) is 0. The third-order valence-corrected chi connectivity index (χ3v) is 3.32. The van der Waals surface area contributed by atoms with E-state index >= 15 is 0 Å². The van der Waals surface area contributed by atoms with Crippen molar-refractivity contribution in [3.05, 3.63) is 47.2 Å². The van der Waals surface area contributed by atoms with Gasteiger partial charge in [-0.05, 0) is 18.9 Å². The lowest BCUT2D eigenvalue weighted by Gasteiger charge is -2.14. The molecule has 0 radical (unpaired) electrons. The molecule has 0 bridgehead atoms. The summed E-state index contributed by atoms with van der Waals surface area (Å²) in [6, 6.07) is 4.53. The molecule has 118 valence electrons. The van der Waals surface area contributed by atoms with Gasteiger partial charge < -0.3 is 4.90 Å². The average molecular weight is 311 g/mol. The van der Waals surface area contributed by atoms with Gasteiger partial charge in [0.25, 0.3) is 0 Å². The summed E-state index contributed by atoms with van der Waals surface area (Å²) in [5.74, 6) is -1.50. The normalized spacial score (nSPS) is 15.6. The van der Waals surface area contributed by atoms with Crippen LogP contribution in [0.4, 0.5) is 13.2 Å². The first-order valence-electron chi connectivity index (χ1n) is 6.85. The van der Waals surface area contributed by atoms with Crippen molar-refractivity contribution < 1.29 is 22.8 Å². The predicted molar refractivity (Wildman–Crippen MR) is 75.3 cm³/mol. The fraction of sp³-hybridized carbons (Fsp3) is 0.375. The first-order valence-corrected chi connectivity index (χ1v) is 6.85. The summed E-state index contributed by atoms with van der Waals surface area (Å²) in [6.07, 6.45) is -1.98. The van der Waals surface area contributed by atoms with Crippen molar-refractivity contribution >= 4 is 11.6 Å². The standard InChI is InChI=1S/C16H16F3NO2/c1-20(2)9-12(14(21)10-7-8-10)15(22)11-5-3-4-6-13(11)16(17,18)19/h3-6,9-10H,7-8H2,1-2H3/b12-9+. The number of hydrogen-bond acceptors (Lipinski definition) is 3. The molecule has 0 spiro atoms. The number of hydrogen-bond donors (Lipinski definition) is 0. The monoisotopic (exact) mass is 311 g/mol. The highest BCUT2D eigenvalue weighted by Crippen LogP contribution is 2.36. The molecule has 1 aromatic carbocycles. The summed E-state index contributed by atoms with van der Waals surface area (Å²) in [6.45, 7) is 0. The van der Waals surface area contributed by atoms with E-state index in [-0.39, 0.29) is 17.3 Å². The highest BCUT2D eigenvalue weighted by Gasteiger charge is 2.39. The first-order chi connectivity index (χ1) is 10.2. The molecule has 0 amide bonds. The molecule has 6 heteroatoms. The second-order valence-corrected chi connectivity index (χ2v) is 5.52. The number of rotatable bonds is 5. The third-order valence-electron chi connectivity index (χ3n) is 3.32. The van der Waals surface area contributed by atoms with Crippen molar-refractivity contribution in [2.45, 2.75) is 19.0 Å². The van der Waals surface area contributed by atoms with E-state index in [1.54, 1.807) is 14.1 Å². The van der Waals surface area contributed by atoms with Crippen LogP contribution < -0.4 is 0 Å². The highest BCUT2D eigenvalue weighted by molar-refractivity contribution is 6.27. The van der Waals surface area contributed by atoms with Crippen molar-refractivity contribution in [1.29, 1.82) is 0 Å². The zero-order valence-electron chi connectivity index (χ0n) is 12.3. The molecule has 1 aliphatic carbocycles. The minimum Gasteiger partial charge on any atom is -0.383 e. The number of carbonyl (C=O) groups excluding carboxylic acids is 2. The van der Waals surface area contributed by atoms with Crippen molar-refractivity contribution in [1.82, 2.24) is 4.90 Å². The van der Waals surface area contributed by atoms with Crippen LogP contribution in [0, 0.1) is 5.92 Å². The molecule has 0 aromatic heterocycles. The highest BCUT2D eigenvalue weighted by atomic mass is 19.4. The molecule has 0 saturated heterocycles. The average Bonchev–Trinajstić information content (AvgIpc) is 3.26. The maximum Gasteiger partial charge on any atom is 0.417 e. The van der Waals surface area contributed by atoms with Crippen molar-refractivity contribution in [2.24, 2.45) is 5.92 Å². The second kappa shape index (κ2) is 5.94. The Bertz CT molecular complexity index is 629. The molecule has 0 N–H and O–H groups in total. The van der Waals surface area contributed by atoms with E-state index in [2.05, 4.69) is 0 Å². The van der Waals surface area contributed by atoms with E-state index in [0.717, 1.165) is 12.1 Å². The number of carbonyl (C=O) groups is 2. The quantitative estimate of drug-likeness (QED) is 0.362. The SMILES string of the molecule is CN(C)/C=C(/C(=O)c1ccccc1C(F)(F)F)C(=O)C1CC1. The summed E-state index contributed by atoms with van der Waals surface area (Å²) >= 11 is 0. The second-order valence-electron chi connectivity index (χ2n) is 5.52. The van der Waals surface area contributed by atoms with Crippen LogP contribution in [0.1, 0.15) is 28.8 Å². The van der Waals surface area contributed by atoms with Gasteiger partial charge in [0, 0.05) is 31.8 Å². The Morgan fingerprint density at radius 2 is 1.77 bits per heavy atom. The molecule has 0 heterocycles. The summed E-state index contributed by atoms with van der Waals surface area (Å²) < 4.78 is 39.1. The van der Waals surface area contributed by atoms with Gasteiger partial charge in [0.2, 0.25) is 0 Å². The van der Waals surface area contributed by atoms with Crippen LogP contribution in [0.5, 0.6) is 0 Å². The zero-order chi connectivity index (χ0) is 16.5. The van der Waals surface area contributed by atoms with Crippen molar-refractivity contribution in [3.8, 4) is 0 Å². The molecule has 1 aromatic rings. The van der Waals surface area contributed by atoms with Crippen LogP contribution >= 0.6 is 0 Å². The fourth-order valence-corrected chi connectivity index (χ4v) is 2.13. The van der Waals surface area contributed by atoms with Crippen molar-refractivity contribution in [3.63, 3.8) is 0 Å². The van der Waals surface area contributed by atoms with E-state index in [1.165, 1.54) is 23.2 Å². The Balaban J connectivity index is 2.46. The minimum absolute atomic E-state index is 0.191. The van der Waals surface area contributed by atoms with Crippen LogP contribution in [0.2, 0.25) is 0 Å².